The van der Waals surface area contributed by atoms with Crippen molar-refractivity contribution in [1.29, 1.82) is 0 Å². The van der Waals surface area contributed by atoms with Crippen LogP contribution in [0.15, 0.2) is 71.1 Å². The molecule has 1 aliphatic carbocycles. The zero-order valence-corrected chi connectivity index (χ0v) is 18.7. The van der Waals surface area contributed by atoms with Crippen LogP contribution in [0.25, 0.3) is 0 Å². The normalized spacial score (nSPS) is 20.4. The summed E-state index contributed by atoms with van der Waals surface area (Å²) in [6, 6.07) is 15.6. The third-order valence-electron chi connectivity index (χ3n) is 6.24. The summed E-state index contributed by atoms with van der Waals surface area (Å²) >= 11 is 0. The lowest BCUT2D eigenvalue weighted by atomic mass is 9.71. The molecule has 6 nitrogen and oxygen atoms in total. The molecular formula is C26H27NO5. The van der Waals surface area contributed by atoms with Gasteiger partial charge in [0, 0.05) is 29.3 Å². The minimum Gasteiger partial charge on any atom is -0.493 e. The van der Waals surface area contributed by atoms with Gasteiger partial charge in [-0.05, 0) is 42.5 Å². The van der Waals surface area contributed by atoms with Crippen LogP contribution in [0.5, 0.6) is 11.5 Å². The topological polar surface area (TPSA) is 73.9 Å². The Labute approximate surface area is 187 Å². The van der Waals surface area contributed by atoms with Crippen LogP contribution in [0.1, 0.15) is 42.7 Å². The van der Waals surface area contributed by atoms with Crippen LogP contribution in [0.4, 0.5) is 0 Å². The van der Waals surface area contributed by atoms with E-state index in [2.05, 4.69) is 17.4 Å². The molecule has 0 amide bonds. The van der Waals surface area contributed by atoms with Gasteiger partial charge in [-0.1, -0.05) is 36.4 Å². The molecule has 4 rings (SSSR count). The van der Waals surface area contributed by atoms with Gasteiger partial charge in [-0.3, -0.25) is 4.79 Å². The van der Waals surface area contributed by atoms with Crippen molar-refractivity contribution < 1.29 is 23.8 Å². The molecule has 0 spiro atoms. The first-order chi connectivity index (χ1) is 15.5. The van der Waals surface area contributed by atoms with E-state index in [4.69, 9.17) is 14.2 Å². The van der Waals surface area contributed by atoms with Gasteiger partial charge in [0.25, 0.3) is 0 Å². The Morgan fingerprint density at radius 3 is 2.31 bits per heavy atom. The molecule has 0 radical (unpaired) electrons. The number of esters is 1. The number of dihydropyridines is 1. The molecule has 2 aliphatic rings. The Morgan fingerprint density at radius 2 is 1.66 bits per heavy atom. The molecule has 0 aromatic heterocycles. The first-order valence-electron chi connectivity index (χ1n) is 10.6. The number of ether oxygens (including phenoxy) is 3. The van der Waals surface area contributed by atoms with E-state index in [1.807, 2.05) is 37.3 Å². The van der Waals surface area contributed by atoms with Crippen LogP contribution in [-0.2, 0) is 14.3 Å². The second kappa shape index (κ2) is 8.91. The fourth-order valence-corrected chi connectivity index (χ4v) is 4.75. The average molecular weight is 434 g/mol. The number of hydrogen-bond acceptors (Lipinski definition) is 6. The van der Waals surface area contributed by atoms with Crippen LogP contribution in [0, 0.1) is 0 Å². The van der Waals surface area contributed by atoms with Gasteiger partial charge < -0.3 is 19.5 Å². The number of carbonyl (C=O) groups is 2. The van der Waals surface area contributed by atoms with Crippen molar-refractivity contribution in [2.75, 3.05) is 21.3 Å². The van der Waals surface area contributed by atoms with E-state index in [9.17, 15) is 9.59 Å². The maximum Gasteiger partial charge on any atom is 0.336 e. The summed E-state index contributed by atoms with van der Waals surface area (Å²) < 4.78 is 15.9. The third kappa shape index (κ3) is 3.77. The zero-order chi connectivity index (χ0) is 22.8. The van der Waals surface area contributed by atoms with Crippen molar-refractivity contribution in [2.45, 2.75) is 31.6 Å². The van der Waals surface area contributed by atoms with Crippen molar-refractivity contribution >= 4 is 11.8 Å². The van der Waals surface area contributed by atoms with Crippen LogP contribution in [0.2, 0.25) is 0 Å². The molecule has 2 atom stereocenters. The van der Waals surface area contributed by atoms with Gasteiger partial charge in [0.05, 0.1) is 26.9 Å². The van der Waals surface area contributed by atoms with Gasteiger partial charge in [0.15, 0.2) is 17.3 Å². The summed E-state index contributed by atoms with van der Waals surface area (Å²) in [7, 11) is 4.49. The second-order valence-corrected chi connectivity index (χ2v) is 8.03. The van der Waals surface area contributed by atoms with Crippen molar-refractivity contribution in [1.82, 2.24) is 5.32 Å². The number of ketones is 1. The number of allylic oxidation sites excluding steroid dienone is 3. The average Bonchev–Trinajstić information content (AvgIpc) is 2.82. The molecule has 0 saturated carbocycles. The van der Waals surface area contributed by atoms with E-state index < -0.39 is 11.9 Å². The number of hydrogen-bond donors (Lipinski definition) is 1. The lowest BCUT2D eigenvalue weighted by Crippen LogP contribution is -2.36. The molecule has 6 heteroatoms. The Morgan fingerprint density at radius 1 is 0.938 bits per heavy atom. The highest BCUT2D eigenvalue weighted by Crippen LogP contribution is 2.46. The minimum absolute atomic E-state index is 0.0290. The van der Waals surface area contributed by atoms with Crippen molar-refractivity contribution in [3.05, 3.63) is 82.2 Å². The van der Waals surface area contributed by atoms with E-state index in [0.717, 1.165) is 16.8 Å². The highest BCUT2D eigenvalue weighted by molar-refractivity contribution is 6.04. The van der Waals surface area contributed by atoms with E-state index in [-0.39, 0.29) is 11.7 Å². The van der Waals surface area contributed by atoms with Gasteiger partial charge in [-0.25, -0.2) is 4.79 Å². The maximum atomic E-state index is 13.5. The number of rotatable bonds is 5. The molecule has 32 heavy (non-hydrogen) atoms. The van der Waals surface area contributed by atoms with Crippen molar-refractivity contribution in [2.24, 2.45) is 0 Å². The van der Waals surface area contributed by atoms with E-state index >= 15 is 0 Å². The summed E-state index contributed by atoms with van der Waals surface area (Å²) in [6.45, 7) is 1.85. The molecule has 0 saturated heterocycles. The second-order valence-electron chi connectivity index (χ2n) is 8.03. The molecule has 0 unspecified atom stereocenters. The number of benzene rings is 2. The molecular weight excluding hydrogens is 406 g/mol. The Hall–Kier alpha value is -3.54. The van der Waals surface area contributed by atoms with Crippen LogP contribution >= 0.6 is 0 Å². The Balaban J connectivity index is 1.84. The number of methoxy groups -OCH3 is 3. The SMILES string of the molecule is COC(=O)C1=C(C)NC2=C(C(=O)C[C@H](c3ccccc3)C2)[C@H]1c1ccc(OC)c(OC)c1. The van der Waals surface area contributed by atoms with Gasteiger partial charge in [-0.2, -0.15) is 0 Å². The fourth-order valence-electron chi connectivity index (χ4n) is 4.75. The molecule has 0 bridgehead atoms. The number of carbonyl (C=O) groups excluding carboxylic acids is 2. The van der Waals surface area contributed by atoms with E-state index in [1.165, 1.54) is 7.11 Å². The summed E-state index contributed by atoms with van der Waals surface area (Å²) in [4.78, 5) is 26.3. The Bertz CT molecular complexity index is 1120. The maximum absolute atomic E-state index is 13.5. The molecule has 0 fully saturated rings. The quantitative estimate of drug-likeness (QED) is 0.711. The monoisotopic (exact) mass is 433 g/mol. The summed E-state index contributed by atoms with van der Waals surface area (Å²) in [5.41, 5.74) is 4.53. The largest absolute Gasteiger partial charge is 0.493 e. The number of nitrogens with one attached hydrogen (secondary N) is 1. The first kappa shape index (κ1) is 21.7. The Kier molecular flexibility index (Phi) is 6.04. The zero-order valence-electron chi connectivity index (χ0n) is 18.7. The van der Waals surface area contributed by atoms with Crippen LogP contribution in [-0.4, -0.2) is 33.1 Å². The van der Waals surface area contributed by atoms with Gasteiger partial charge >= 0.3 is 5.97 Å². The smallest absolute Gasteiger partial charge is 0.336 e. The van der Waals surface area contributed by atoms with Gasteiger partial charge in [0.1, 0.15) is 0 Å². The van der Waals surface area contributed by atoms with Crippen molar-refractivity contribution in [3.63, 3.8) is 0 Å². The molecule has 1 heterocycles. The molecule has 1 aliphatic heterocycles. The van der Waals surface area contributed by atoms with Crippen LogP contribution in [0.3, 0.4) is 0 Å². The first-order valence-corrected chi connectivity index (χ1v) is 10.6. The highest BCUT2D eigenvalue weighted by Gasteiger charge is 2.41. The van der Waals surface area contributed by atoms with E-state index in [0.29, 0.717) is 41.2 Å². The lowest BCUT2D eigenvalue weighted by molar-refractivity contribution is -0.136. The van der Waals surface area contributed by atoms with Gasteiger partial charge in [0.2, 0.25) is 0 Å². The predicted octanol–water partition coefficient (Wildman–Crippen LogP) is 4.24. The lowest BCUT2D eigenvalue weighted by Gasteiger charge is -2.36. The third-order valence-corrected chi connectivity index (χ3v) is 6.24. The van der Waals surface area contributed by atoms with Crippen LogP contribution < -0.4 is 14.8 Å². The summed E-state index contributed by atoms with van der Waals surface area (Å²) in [5.74, 6) is 0.244. The molecule has 2 aromatic carbocycles. The predicted molar refractivity (Wildman–Crippen MR) is 121 cm³/mol. The fraction of sp³-hybridized carbons (Fsp3) is 0.308. The number of Topliss-reactive ketones (excluding diaryl/α,β-unsaturated/α-hetero) is 1. The molecule has 1 N–H and O–H groups in total. The van der Waals surface area contributed by atoms with Crippen molar-refractivity contribution in [3.8, 4) is 11.5 Å². The highest BCUT2D eigenvalue weighted by atomic mass is 16.5. The minimum atomic E-state index is -0.539. The molecule has 166 valence electrons. The van der Waals surface area contributed by atoms with Gasteiger partial charge in [-0.15, -0.1) is 0 Å². The van der Waals surface area contributed by atoms with E-state index in [1.54, 1.807) is 20.3 Å². The summed E-state index contributed by atoms with van der Waals surface area (Å²) in [6.07, 6.45) is 1.09. The molecule has 2 aromatic rings. The standard InChI is InChI=1S/C26H27NO5/c1-15-23(26(29)32-4)24(17-10-11-21(30-2)22(14-17)31-3)25-19(27-15)12-18(13-20(25)28)16-8-6-5-7-9-16/h5-11,14,18,24,27H,12-13H2,1-4H3/t18-,24+/m1/s1. The summed E-state index contributed by atoms with van der Waals surface area (Å²) in [5, 5.41) is 3.35.